The molecule has 0 spiro atoms. The highest BCUT2D eigenvalue weighted by atomic mass is 16.6. The molecule has 0 saturated heterocycles. The van der Waals surface area contributed by atoms with Crippen molar-refractivity contribution in [1.29, 1.82) is 0 Å². The summed E-state index contributed by atoms with van der Waals surface area (Å²) < 4.78 is 4.32. The second-order valence-electron chi connectivity index (χ2n) is 2.61. The summed E-state index contributed by atoms with van der Waals surface area (Å²) in [4.78, 5) is 20.4. The molecule has 0 heterocycles. The van der Waals surface area contributed by atoms with Crippen LogP contribution in [-0.4, -0.2) is 28.2 Å². The molecular formula is C8H7NO6. The lowest BCUT2D eigenvalue weighted by atomic mass is 10.1. The molecule has 80 valence electrons. The first-order valence-corrected chi connectivity index (χ1v) is 3.76. The summed E-state index contributed by atoms with van der Waals surface area (Å²) in [5.41, 5.74) is -1.01. The number of carbonyl (C=O) groups is 1. The number of carbonyl (C=O) groups excluding carboxylic acids is 1. The third kappa shape index (κ3) is 1.96. The molecule has 0 amide bonds. The van der Waals surface area contributed by atoms with Crippen molar-refractivity contribution in [2.24, 2.45) is 0 Å². The molecule has 7 heteroatoms. The zero-order valence-corrected chi connectivity index (χ0v) is 7.63. The van der Waals surface area contributed by atoms with Crippen molar-refractivity contribution < 1.29 is 24.7 Å². The Hall–Kier alpha value is -2.31. The van der Waals surface area contributed by atoms with E-state index in [1.807, 2.05) is 0 Å². The van der Waals surface area contributed by atoms with Crippen molar-refractivity contribution >= 4 is 11.7 Å². The van der Waals surface area contributed by atoms with Gasteiger partial charge in [-0.05, 0) is 0 Å². The molecule has 0 aliphatic heterocycles. The number of methoxy groups -OCH3 is 1. The van der Waals surface area contributed by atoms with Gasteiger partial charge in [-0.2, -0.15) is 0 Å². The van der Waals surface area contributed by atoms with Gasteiger partial charge in [0, 0.05) is 12.1 Å². The van der Waals surface area contributed by atoms with Crippen LogP contribution in [0.1, 0.15) is 10.4 Å². The third-order valence-electron chi connectivity index (χ3n) is 1.67. The van der Waals surface area contributed by atoms with E-state index in [4.69, 9.17) is 0 Å². The van der Waals surface area contributed by atoms with Gasteiger partial charge < -0.3 is 14.9 Å². The highest BCUT2D eigenvalue weighted by molar-refractivity contribution is 5.91. The number of nitro groups is 1. The number of nitro benzene ring substituents is 1. The molecule has 1 aromatic rings. The summed E-state index contributed by atoms with van der Waals surface area (Å²) in [7, 11) is 1.11. The summed E-state index contributed by atoms with van der Waals surface area (Å²) in [5.74, 6) is -2.39. The van der Waals surface area contributed by atoms with Crippen LogP contribution in [0, 0.1) is 10.1 Å². The number of nitrogens with zero attached hydrogens (tertiary/aromatic N) is 1. The summed E-state index contributed by atoms with van der Waals surface area (Å²) in [6.07, 6.45) is 0. The van der Waals surface area contributed by atoms with Crippen molar-refractivity contribution in [3.05, 3.63) is 27.8 Å². The Morgan fingerprint density at radius 3 is 2.20 bits per heavy atom. The number of benzene rings is 1. The van der Waals surface area contributed by atoms with Crippen LogP contribution in [-0.2, 0) is 4.74 Å². The smallest absolute Gasteiger partial charge is 0.351 e. The van der Waals surface area contributed by atoms with Gasteiger partial charge in [0.25, 0.3) is 0 Å². The summed E-state index contributed by atoms with van der Waals surface area (Å²) in [6.45, 7) is 0. The largest absolute Gasteiger partial charge is 0.502 e. The van der Waals surface area contributed by atoms with Crippen molar-refractivity contribution in [3.63, 3.8) is 0 Å². The summed E-state index contributed by atoms with van der Waals surface area (Å²) >= 11 is 0. The Labute approximate surface area is 83.7 Å². The minimum Gasteiger partial charge on any atom is -0.502 e. The maximum Gasteiger partial charge on any atom is 0.351 e. The zero-order chi connectivity index (χ0) is 11.6. The average molecular weight is 213 g/mol. The quantitative estimate of drug-likeness (QED) is 0.427. The first kappa shape index (κ1) is 10.8. The lowest BCUT2D eigenvalue weighted by molar-refractivity contribution is -0.386. The van der Waals surface area contributed by atoms with Crippen LogP contribution in [0.3, 0.4) is 0 Å². The Balaban J connectivity index is 3.31. The van der Waals surface area contributed by atoms with Crippen molar-refractivity contribution in [1.82, 2.24) is 0 Å². The third-order valence-corrected chi connectivity index (χ3v) is 1.67. The second-order valence-corrected chi connectivity index (χ2v) is 2.61. The van der Waals surface area contributed by atoms with E-state index in [0.29, 0.717) is 0 Å². The number of phenolic OH excluding ortho intramolecular Hbond substituents is 2. The Bertz CT molecular complexity index is 404. The standard InChI is InChI=1S/C8H7NO6/c1-15-8(12)4-2-5(10)7(9(13)14)6(11)3-4/h2-3,10-11H,1H3. The van der Waals surface area contributed by atoms with Gasteiger partial charge in [0.05, 0.1) is 17.6 Å². The molecular weight excluding hydrogens is 206 g/mol. The minimum absolute atomic E-state index is 0.168. The zero-order valence-electron chi connectivity index (χ0n) is 7.63. The van der Waals surface area contributed by atoms with Gasteiger partial charge in [-0.3, -0.25) is 10.1 Å². The number of rotatable bonds is 2. The minimum atomic E-state index is -0.953. The molecule has 0 saturated carbocycles. The first-order valence-electron chi connectivity index (χ1n) is 3.76. The molecule has 0 atom stereocenters. The van der Waals surface area contributed by atoms with Gasteiger partial charge in [0.1, 0.15) is 0 Å². The Morgan fingerprint density at radius 2 is 1.87 bits per heavy atom. The first-order chi connectivity index (χ1) is 6.97. The number of hydrogen-bond donors (Lipinski definition) is 2. The molecule has 0 unspecified atom stereocenters. The maximum atomic E-state index is 11.0. The Kier molecular flexibility index (Phi) is 2.75. The number of ether oxygens (including phenoxy) is 1. The van der Waals surface area contributed by atoms with Crippen LogP contribution in [0.5, 0.6) is 11.5 Å². The van der Waals surface area contributed by atoms with Gasteiger partial charge in [0.2, 0.25) is 0 Å². The molecule has 0 aliphatic rings. The van der Waals surface area contributed by atoms with E-state index in [9.17, 15) is 25.1 Å². The van der Waals surface area contributed by atoms with Crippen LogP contribution < -0.4 is 0 Å². The second kappa shape index (κ2) is 3.82. The fourth-order valence-corrected chi connectivity index (χ4v) is 1.03. The lowest BCUT2D eigenvalue weighted by Crippen LogP contribution is -2.01. The van der Waals surface area contributed by atoms with Crippen molar-refractivity contribution in [3.8, 4) is 11.5 Å². The fourth-order valence-electron chi connectivity index (χ4n) is 1.03. The highest BCUT2D eigenvalue weighted by Gasteiger charge is 2.22. The van der Waals surface area contributed by atoms with E-state index in [-0.39, 0.29) is 5.56 Å². The topological polar surface area (TPSA) is 110 Å². The van der Waals surface area contributed by atoms with Gasteiger partial charge in [-0.1, -0.05) is 0 Å². The molecule has 15 heavy (non-hydrogen) atoms. The summed E-state index contributed by atoms with van der Waals surface area (Å²) in [5, 5.41) is 28.7. The van der Waals surface area contributed by atoms with Gasteiger partial charge >= 0.3 is 11.7 Å². The van der Waals surface area contributed by atoms with Gasteiger partial charge in [-0.25, -0.2) is 4.79 Å². The van der Waals surface area contributed by atoms with Crippen LogP contribution in [0.4, 0.5) is 5.69 Å². The predicted molar refractivity (Wildman–Crippen MR) is 47.8 cm³/mol. The molecule has 1 rings (SSSR count). The number of phenols is 2. The van der Waals surface area contributed by atoms with Gasteiger partial charge in [0.15, 0.2) is 11.5 Å². The number of esters is 1. The normalized spacial score (nSPS) is 9.67. The van der Waals surface area contributed by atoms with E-state index >= 15 is 0 Å². The molecule has 0 fully saturated rings. The van der Waals surface area contributed by atoms with E-state index in [1.165, 1.54) is 0 Å². The van der Waals surface area contributed by atoms with E-state index in [1.54, 1.807) is 0 Å². The molecule has 0 radical (unpaired) electrons. The monoisotopic (exact) mass is 213 g/mol. The molecule has 0 aromatic heterocycles. The van der Waals surface area contributed by atoms with E-state index in [2.05, 4.69) is 4.74 Å². The van der Waals surface area contributed by atoms with Crippen LogP contribution in [0.15, 0.2) is 12.1 Å². The van der Waals surface area contributed by atoms with Gasteiger partial charge in [-0.15, -0.1) is 0 Å². The SMILES string of the molecule is COC(=O)c1cc(O)c([N+](=O)[O-])c(O)c1. The van der Waals surface area contributed by atoms with Crippen molar-refractivity contribution in [2.45, 2.75) is 0 Å². The fraction of sp³-hybridized carbons (Fsp3) is 0.125. The van der Waals surface area contributed by atoms with Crippen LogP contribution in [0.2, 0.25) is 0 Å². The average Bonchev–Trinajstić information content (AvgIpc) is 2.14. The molecule has 0 bridgehead atoms. The lowest BCUT2D eigenvalue weighted by Gasteiger charge is -2.02. The molecule has 1 aromatic carbocycles. The predicted octanol–water partition coefficient (Wildman–Crippen LogP) is 0.793. The maximum absolute atomic E-state index is 11.0. The van der Waals surface area contributed by atoms with E-state index in [0.717, 1.165) is 19.2 Å². The number of hydrogen-bond acceptors (Lipinski definition) is 6. The van der Waals surface area contributed by atoms with Crippen LogP contribution in [0.25, 0.3) is 0 Å². The Morgan fingerprint density at radius 1 is 1.40 bits per heavy atom. The van der Waals surface area contributed by atoms with E-state index < -0.39 is 28.1 Å². The molecule has 2 N–H and O–H groups in total. The number of aromatic hydroxyl groups is 2. The van der Waals surface area contributed by atoms with Crippen LogP contribution >= 0.6 is 0 Å². The van der Waals surface area contributed by atoms with Crippen molar-refractivity contribution in [2.75, 3.05) is 7.11 Å². The summed E-state index contributed by atoms with van der Waals surface area (Å²) in [6, 6.07) is 1.70. The highest BCUT2D eigenvalue weighted by Crippen LogP contribution is 2.36. The molecule has 7 nitrogen and oxygen atoms in total. The molecule has 0 aliphatic carbocycles.